The van der Waals surface area contributed by atoms with E-state index in [1.807, 2.05) is 160 Å². The largest absolute Gasteiger partial charge is 0.349 e. The number of para-hydroxylation sites is 4. The summed E-state index contributed by atoms with van der Waals surface area (Å²) in [5, 5.41) is 10.4. The predicted molar refractivity (Wildman–Crippen MR) is 194 cm³/mol. The lowest BCUT2D eigenvalue weighted by atomic mass is 10.2. The van der Waals surface area contributed by atoms with Gasteiger partial charge in [-0.05, 0) is 68.2 Å². The quantitative estimate of drug-likeness (QED) is 0.134. The Bertz CT molecular complexity index is 1500. The van der Waals surface area contributed by atoms with Crippen molar-refractivity contribution in [1.29, 1.82) is 0 Å². The van der Waals surface area contributed by atoms with Crippen LogP contribution in [0.25, 0.3) is 0 Å². The van der Waals surface area contributed by atoms with Crippen LogP contribution in [-0.2, 0) is 5.75 Å². The zero-order chi connectivity index (χ0) is 31.2. The SMILES string of the molecule is CN(C)C(=Nc1ccccc1)Nc1ccccc1.CNC.c1ccc(CSC(=Nc2ccccc2)Nc2ccccc2)cc1. The molecule has 0 aromatic heterocycles. The zero-order valence-electron chi connectivity index (χ0n) is 25.9. The van der Waals surface area contributed by atoms with E-state index in [0.29, 0.717) is 0 Å². The van der Waals surface area contributed by atoms with Crippen molar-refractivity contribution in [1.82, 2.24) is 10.2 Å². The summed E-state index contributed by atoms with van der Waals surface area (Å²) < 4.78 is 0. The van der Waals surface area contributed by atoms with Gasteiger partial charge in [-0.25, -0.2) is 9.98 Å². The Labute approximate surface area is 267 Å². The van der Waals surface area contributed by atoms with Gasteiger partial charge in [-0.2, -0.15) is 0 Å². The molecule has 6 nitrogen and oxygen atoms in total. The fourth-order valence-corrected chi connectivity index (χ4v) is 4.46. The smallest absolute Gasteiger partial charge is 0.203 e. The predicted octanol–water partition coefficient (Wildman–Crippen LogP) is 8.90. The number of thioether (sulfide) groups is 1. The van der Waals surface area contributed by atoms with Gasteiger partial charge < -0.3 is 20.9 Å². The van der Waals surface area contributed by atoms with Gasteiger partial charge in [0.2, 0.25) is 5.96 Å². The first kappa shape index (κ1) is 33.6. The Morgan fingerprint density at radius 1 is 0.545 bits per heavy atom. The van der Waals surface area contributed by atoms with E-state index in [1.165, 1.54) is 5.56 Å². The van der Waals surface area contributed by atoms with Crippen LogP contribution in [-0.4, -0.2) is 44.2 Å². The molecule has 44 heavy (non-hydrogen) atoms. The molecule has 0 radical (unpaired) electrons. The van der Waals surface area contributed by atoms with E-state index in [2.05, 4.69) is 45.2 Å². The lowest BCUT2D eigenvalue weighted by Gasteiger charge is -2.17. The summed E-state index contributed by atoms with van der Waals surface area (Å²) in [5.41, 5.74) is 5.24. The molecule has 0 bridgehead atoms. The summed E-state index contributed by atoms with van der Waals surface area (Å²) >= 11 is 1.70. The maximum atomic E-state index is 4.74. The number of benzene rings is 5. The summed E-state index contributed by atoms with van der Waals surface area (Å²) in [5.74, 6) is 1.69. The standard InChI is InChI=1S/C20H18N2S.C15H17N3.C2H7N/c1-4-10-17(11-5-1)16-23-20(21-18-12-6-2-7-13-18)22-19-14-8-3-9-15-19;1-18(2)15(16-13-9-5-3-6-10-13)17-14-11-7-4-8-12-14;1-3-2/h1-15H,16H2,(H,21,22);3-12H,1-2H3,(H,16,17);3H,1-2H3. The Kier molecular flexibility index (Phi) is 15.4. The lowest BCUT2D eigenvalue weighted by molar-refractivity contribution is 0.621. The van der Waals surface area contributed by atoms with E-state index in [9.17, 15) is 0 Å². The molecule has 3 N–H and O–H groups in total. The topological polar surface area (TPSA) is 64.0 Å². The Morgan fingerprint density at radius 2 is 0.932 bits per heavy atom. The van der Waals surface area contributed by atoms with Gasteiger partial charge in [0.25, 0.3) is 0 Å². The molecule has 0 atom stereocenters. The van der Waals surface area contributed by atoms with Crippen LogP contribution in [0.4, 0.5) is 22.7 Å². The molecule has 0 saturated heterocycles. The number of amidine groups is 1. The van der Waals surface area contributed by atoms with Crippen LogP contribution in [0.1, 0.15) is 5.56 Å². The third-order valence-electron chi connectivity index (χ3n) is 5.68. The second kappa shape index (κ2) is 20.1. The fraction of sp³-hybridized carbons (Fsp3) is 0.135. The number of anilines is 2. The molecular weight excluding hydrogens is 561 g/mol. The van der Waals surface area contributed by atoms with Crippen molar-refractivity contribution in [2.45, 2.75) is 5.75 Å². The fourth-order valence-electron chi connectivity index (χ4n) is 3.60. The molecule has 7 heteroatoms. The van der Waals surface area contributed by atoms with E-state index in [1.54, 1.807) is 11.8 Å². The van der Waals surface area contributed by atoms with Gasteiger partial charge in [0, 0.05) is 31.2 Å². The number of nitrogens with zero attached hydrogens (tertiary/aromatic N) is 3. The Morgan fingerprint density at radius 3 is 1.39 bits per heavy atom. The van der Waals surface area contributed by atoms with Crippen LogP contribution in [0, 0.1) is 0 Å². The molecular formula is C37H42N6S. The van der Waals surface area contributed by atoms with Crippen LogP contribution < -0.4 is 16.0 Å². The van der Waals surface area contributed by atoms with E-state index in [4.69, 9.17) is 4.99 Å². The van der Waals surface area contributed by atoms with Gasteiger partial charge in [0.1, 0.15) is 0 Å². The maximum Gasteiger partial charge on any atom is 0.203 e. The monoisotopic (exact) mass is 602 g/mol. The first-order valence-corrected chi connectivity index (χ1v) is 15.4. The van der Waals surface area contributed by atoms with Crippen LogP contribution in [0.2, 0.25) is 0 Å². The van der Waals surface area contributed by atoms with Gasteiger partial charge in [-0.1, -0.05) is 115 Å². The van der Waals surface area contributed by atoms with E-state index >= 15 is 0 Å². The molecule has 5 aromatic rings. The van der Waals surface area contributed by atoms with Crippen molar-refractivity contribution in [3.05, 3.63) is 157 Å². The number of aliphatic imine (C=N–C) groups is 2. The van der Waals surface area contributed by atoms with Crippen LogP contribution in [0.15, 0.2) is 162 Å². The molecule has 0 aliphatic rings. The molecule has 0 spiro atoms. The first-order chi connectivity index (χ1) is 21.6. The van der Waals surface area contributed by atoms with Gasteiger partial charge in [-0.3, -0.25) is 0 Å². The molecule has 0 heterocycles. The normalized spacial score (nSPS) is 10.8. The third-order valence-corrected chi connectivity index (χ3v) is 6.62. The van der Waals surface area contributed by atoms with Crippen LogP contribution in [0.5, 0.6) is 0 Å². The minimum absolute atomic E-state index is 0.812. The molecule has 0 fully saturated rings. The van der Waals surface area contributed by atoms with Crippen LogP contribution in [0.3, 0.4) is 0 Å². The molecule has 0 aliphatic carbocycles. The molecule has 0 aliphatic heterocycles. The highest BCUT2D eigenvalue weighted by molar-refractivity contribution is 8.13. The van der Waals surface area contributed by atoms with E-state index in [-0.39, 0.29) is 0 Å². The number of rotatable bonds is 6. The Hall–Kier alpha value is -4.85. The molecule has 0 amide bonds. The van der Waals surface area contributed by atoms with Gasteiger partial charge in [-0.15, -0.1) is 0 Å². The summed E-state index contributed by atoms with van der Waals surface area (Å²) in [6.07, 6.45) is 0. The van der Waals surface area contributed by atoms with Crippen molar-refractivity contribution in [2.24, 2.45) is 9.98 Å². The number of hydrogen-bond acceptors (Lipinski definition) is 4. The summed E-state index contributed by atoms with van der Waals surface area (Å²) in [4.78, 5) is 11.3. The average molecular weight is 603 g/mol. The highest BCUT2D eigenvalue weighted by Gasteiger charge is 2.04. The summed E-state index contributed by atoms with van der Waals surface area (Å²) in [7, 11) is 7.69. The molecule has 0 unspecified atom stereocenters. The second-order valence-corrected chi connectivity index (χ2v) is 10.6. The molecule has 0 saturated carbocycles. The van der Waals surface area contributed by atoms with Crippen molar-refractivity contribution >= 4 is 45.6 Å². The van der Waals surface area contributed by atoms with Crippen molar-refractivity contribution in [3.63, 3.8) is 0 Å². The molecule has 5 aromatic carbocycles. The maximum absolute atomic E-state index is 4.74. The van der Waals surface area contributed by atoms with E-state index < -0.39 is 0 Å². The molecule has 226 valence electrons. The zero-order valence-corrected chi connectivity index (χ0v) is 26.7. The van der Waals surface area contributed by atoms with Crippen LogP contribution >= 0.6 is 11.8 Å². The third kappa shape index (κ3) is 13.4. The highest BCUT2D eigenvalue weighted by Crippen LogP contribution is 2.20. The van der Waals surface area contributed by atoms with Crippen molar-refractivity contribution in [3.8, 4) is 0 Å². The first-order valence-electron chi connectivity index (χ1n) is 14.4. The van der Waals surface area contributed by atoms with Crippen molar-refractivity contribution in [2.75, 3.05) is 38.8 Å². The van der Waals surface area contributed by atoms with Gasteiger partial charge >= 0.3 is 0 Å². The second-order valence-electron chi connectivity index (χ2n) is 9.67. The Balaban J connectivity index is 0.000000227. The number of nitrogens with one attached hydrogen (secondary N) is 3. The summed E-state index contributed by atoms with van der Waals surface area (Å²) in [6, 6.07) is 50.5. The number of guanidine groups is 1. The van der Waals surface area contributed by atoms with Crippen molar-refractivity contribution < 1.29 is 0 Å². The minimum Gasteiger partial charge on any atom is -0.349 e. The van der Waals surface area contributed by atoms with E-state index in [0.717, 1.165) is 39.6 Å². The molecule has 5 rings (SSSR count). The average Bonchev–Trinajstić information content (AvgIpc) is 3.06. The van der Waals surface area contributed by atoms with Gasteiger partial charge in [0.05, 0.1) is 11.4 Å². The highest BCUT2D eigenvalue weighted by atomic mass is 32.2. The number of hydrogen-bond donors (Lipinski definition) is 3. The van der Waals surface area contributed by atoms with Gasteiger partial charge in [0.15, 0.2) is 5.17 Å². The lowest BCUT2D eigenvalue weighted by Crippen LogP contribution is -2.29. The summed E-state index contributed by atoms with van der Waals surface area (Å²) in [6.45, 7) is 0. The minimum atomic E-state index is 0.812.